The lowest BCUT2D eigenvalue weighted by molar-refractivity contribution is 0.320. The van der Waals surface area contributed by atoms with Crippen molar-refractivity contribution in [1.29, 1.82) is 0 Å². The summed E-state index contributed by atoms with van der Waals surface area (Å²) in [5.74, 6) is 0. The topological polar surface area (TPSA) is 28.2 Å². The Morgan fingerprint density at radius 1 is 1.47 bits per heavy atom. The Balaban J connectivity index is 2.32. The van der Waals surface area contributed by atoms with E-state index >= 15 is 0 Å². The predicted octanol–water partition coefficient (Wildman–Crippen LogP) is 2.15. The van der Waals surface area contributed by atoms with Crippen molar-refractivity contribution in [1.82, 2.24) is 15.2 Å². The van der Waals surface area contributed by atoms with Crippen molar-refractivity contribution in [2.45, 2.75) is 39.2 Å². The summed E-state index contributed by atoms with van der Waals surface area (Å²) in [5.41, 5.74) is 1.38. The number of likely N-dealkylation sites (tertiary alicyclic amines) is 1. The van der Waals surface area contributed by atoms with Gasteiger partial charge in [0.2, 0.25) is 0 Å². The Bertz CT molecular complexity index is 384. The van der Waals surface area contributed by atoms with Gasteiger partial charge in [0, 0.05) is 18.0 Å². The van der Waals surface area contributed by atoms with Gasteiger partial charge in [0.15, 0.2) is 0 Å². The fraction of sp³-hybridized carbons (Fsp3) is 0.769. The highest BCUT2D eigenvalue weighted by Gasteiger charge is 2.40. The Morgan fingerprint density at radius 2 is 2.24 bits per heavy atom. The molecule has 4 heteroatoms. The van der Waals surface area contributed by atoms with E-state index in [0.717, 1.165) is 26.1 Å². The van der Waals surface area contributed by atoms with Crippen LogP contribution in [0.2, 0.25) is 0 Å². The molecule has 0 spiro atoms. The average Bonchev–Trinajstić information content (AvgIpc) is 2.84. The fourth-order valence-electron chi connectivity index (χ4n) is 2.69. The first-order valence-corrected chi connectivity index (χ1v) is 7.33. The Kier molecular flexibility index (Phi) is 3.85. The Labute approximate surface area is 108 Å². The van der Waals surface area contributed by atoms with Gasteiger partial charge in [-0.2, -0.15) is 0 Å². The highest BCUT2D eigenvalue weighted by molar-refractivity contribution is 7.11. The average molecular weight is 253 g/mol. The number of thiazole rings is 1. The number of aryl methyl sites for hydroxylation is 2. The monoisotopic (exact) mass is 253 g/mol. The van der Waals surface area contributed by atoms with Gasteiger partial charge in [0.05, 0.1) is 11.2 Å². The summed E-state index contributed by atoms with van der Waals surface area (Å²) >= 11 is 1.88. The van der Waals surface area contributed by atoms with E-state index in [0.29, 0.717) is 0 Å². The first-order chi connectivity index (χ1) is 8.11. The molecule has 0 aromatic carbocycles. The largest absolute Gasteiger partial charge is 0.305 e. The molecule has 0 aliphatic carbocycles. The normalized spacial score (nSPS) is 25.6. The highest BCUT2D eigenvalue weighted by Crippen LogP contribution is 2.35. The summed E-state index contributed by atoms with van der Waals surface area (Å²) in [6.07, 6.45) is 2.22. The molecule has 1 atom stereocenters. The Hall–Kier alpha value is -0.450. The zero-order chi connectivity index (χ0) is 12.5. The van der Waals surface area contributed by atoms with E-state index in [-0.39, 0.29) is 5.54 Å². The quantitative estimate of drug-likeness (QED) is 0.891. The third-order valence-electron chi connectivity index (χ3n) is 3.61. The second-order valence-electron chi connectivity index (χ2n) is 4.98. The molecular formula is C13H23N3S. The lowest BCUT2D eigenvalue weighted by Crippen LogP contribution is -2.44. The molecule has 0 amide bonds. The lowest BCUT2D eigenvalue weighted by Gasteiger charge is -2.27. The van der Waals surface area contributed by atoms with Crippen LogP contribution in [0.4, 0.5) is 0 Å². The van der Waals surface area contributed by atoms with Crippen molar-refractivity contribution in [3.63, 3.8) is 0 Å². The molecule has 1 aromatic rings. The standard InChI is InChI=1S/C13H23N3S/c1-5-11-10(3)17-12(15-11)13(14-6-2)7-8-16(4)9-13/h14H,5-9H2,1-4H3. The molecule has 3 nitrogen and oxygen atoms in total. The van der Waals surface area contributed by atoms with Gasteiger partial charge >= 0.3 is 0 Å². The van der Waals surface area contributed by atoms with Crippen LogP contribution < -0.4 is 5.32 Å². The van der Waals surface area contributed by atoms with E-state index in [2.05, 4.69) is 38.0 Å². The van der Waals surface area contributed by atoms with Crippen LogP contribution in [0.25, 0.3) is 0 Å². The van der Waals surface area contributed by atoms with E-state index < -0.39 is 0 Å². The molecule has 1 N–H and O–H groups in total. The molecule has 0 radical (unpaired) electrons. The molecule has 1 fully saturated rings. The van der Waals surface area contributed by atoms with Crippen LogP contribution >= 0.6 is 11.3 Å². The van der Waals surface area contributed by atoms with Gasteiger partial charge in [-0.1, -0.05) is 13.8 Å². The van der Waals surface area contributed by atoms with Crippen molar-refractivity contribution in [3.8, 4) is 0 Å². The first kappa shape index (κ1) is 13.0. The molecule has 2 rings (SSSR count). The number of rotatable bonds is 4. The van der Waals surface area contributed by atoms with Gasteiger partial charge in [-0.3, -0.25) is 0 Å². The Morgan fingerprint density at radius 3 is 2.71 bits per heavy atom. The molecule has 1 aromatic heterocycles. The molecule has 1 aliphatic heterocycles. The smallest absolute Gasteiger partial charge is 0.115 e. The minimum Gasteiger partial charge on any atom is -0.305 e. The maximum absolute atomic E-state index is 4.86. The van der Waals surface area contributed by atoms with Crippen molar-refractivity contribution in [2.24, 2.45) is 0 Å². The van der Waals surface area contributed by atoms with Crippen molar-refractivity contribution in [3.05, 3.63) is 15.6 Å². The van der Waals surface area contributed by atoms with Gasteiger partial charge in [0.1, 0.15) is 5.01 Å². The van der Waals surface area contributed by atoms with Crippen molar-refractivity contribution in [2.75, 3.05) is 26.7 Å². The van der Waals surface area contributed by atoms with E-state index in [1.807, 2.05) is 11.3 Å². The number of hydrogen-bond donors (Lipinski definition) is 1. The third-order valence-corrected chi connectivity index (χ3v) is 4.83. The molecule has 17 heavy (non-hydrogen) atoms. The SMILES string of the molecule is CCNC1(c2nc(CC)c(C)s2)CCN(C)C1. The van der Waals surface area contributed by atoms with Crippen molar-refractivity contribution < 1.29 is 0 Å². The second kappa shape index (κ2) is 5.04. The van der Waals surface area contributed by atoms with Crippen LogP contribution in [0.15, 0.2) is 0 Å². The van der Waals surface area contributed by atoms with Crippen LogP contribution in [-0.4, -0.2) is 36.6 Å². The van der Waals surface area contributed by atoms with E-state index in [1.54, 1.807) is 0 Å². The molecule has 1 aliphatic rings. The maximum atomic E-state index is 4.86. The van der Waals surface area contributed by atoms with Gasteiger partial charge in [-0.05, 0) is 33.4 Å². The summed E-state index contributed by atoms with van der Waals surface area (Å²) in [6, 6.07) is 0. The summed E-state index contributed by atoms with van der Waals surface area (Å²) in [4.78, 5) is 8.64. The molecule has 96 valence electrons. The first-order valence-electron chi connectivity index (χ1n) is 6.51. The van der Waals surface area contributed by atoms with Gasteiger partial charge in [-0.25, -0.2) is 4.98 Å². The van der Waals surface area contributed by atoms with Crippen LogP contribution in [0.3, 0.4) is 0 Å². The van der Waals surface area contributed by atoms with E-state index in [4.69, 9.17) is 4.98 Å². The summed E-state index contributed by atoms with van der Waals surface area (Å²) in [7, 11) is 2.19. The predicted molar refractivity (Wildman–Crippen MR) is 73.7 cm³/mol. The number of hydrogen-bond acceptors (Lipinski definition) is 4. The number of nitrogens with zero attached hydrogens (tertiary/aromatic N) is 2. The minimum atomic E-state index is 0.104. The van der Waals surface area contributed by atoms with Crippen LogP contribution in [0.1, 0.15) is 35.8 Å². The number of aromatic nitrogens is 1. The molecule has 2 heterocycles. The second-order valence-corrected chi connectivity index (χ2v) is 6.18. The van der Waals surface area contributed by atoms with E-state index in [1.165, 1.54) is 22.0 Å². The van der Waals surface area contributed by atoms with E-state index in [9.17, 15) is 0 Å². The van der Waals surface area contributed by atoms with Gasteiger partial charge in [0.25, 0.3) is 0 Å². The third kappa shape index (κ3) is 2.39. The summed E-state index contributed by atoms with van der Waals surface area (Å²) < 4.78 is 0. The molecule has 0 saturated carbocycles. The molecular weight excluding hydrogens is 230 g/mol. The van der Waals surface area contributed by atoms with Crippen molar-refractivity contribution >= 4 is 11.3 Å². The summed E-state index contributed by atoms with van der Waals surface area (Å²) in [6.45, 7) is 9.81. The van der Waals surface area contributed by atoms with Crippen LogP contribution in [0, 0.1) is 6.92 Å². The van der Waals surface area contributed by atoms with Gasteiger partial charge < -0.3 is 10.2 Å². The van der Waals surface area contributed by atoms with Crippen LogP contribution in [-0.2, 0) is 12.0 Å². The fourth-order valence-corrected chi connectivity index (χ4v) is 3.88. The lowest BCUT2D eigenvalue weighted by atomic mass is 9.99. The van der Waals surface area contributed by atoms with Gasteiger partial charge in [-0.15, -0.1) is 11.3 Å². The number of nitrogens with one attached hydrogen (secondary N) is 1. The zero-order valence-corrected chi connectivity index (χ0v) is 12.2. The molecule has 0 bridgehead atoms. The minimum absolute atomic E-state index is 0.104. The molecule has 1 saturated heterocycles. The number of likely N-dealkylation sites (N-methyl/N-ethyl adjacent to an activating group) is 2. The zero-order valence-electron chi connectivity index (χ0n) is 11.3. The maximum Gasteiger partial charge on any atom is 0.115 e. The highest BCUT2D eigenvalue weighted by atomic mass is 32.1. The summed E-state index contributed by atoms with van der Waals surface area (Å²) in [5, 5.41) is 4.97. The molecule has 1 unspecified atom stereocenters. The van der Waals surface area contributed by atoms with Crippen LogP contribution in [0.5, 0.6) is 0 Å².